The van der Waals surface area contributed by atoms with Crippen molar-refractivity contribution in [2.24, 2.45) is 0 Å². The van der Waals surface area contributed by atoms with Crippen LogP contribution in [0.4, 0.5) is 13.2 Å². The molecule has 368 valence electrons. The summed E-state index contributed by atoms with van der Waals surface area (Å²) in [5, 5.41) is 4.84. The molecule has 2 aromatic heterocycles. The number of halogens is 3. The van der Waals surface area contributed by atoms with Gasteiger partial charge in [-0.1, -0.05) is 44.2 Å². The van der Waals surface area contributed by atoms with E-state index in [1.54, 1.807) is 18.6 Å². The Morgan fingerprint density at radius 1 is 0.886 bits per heavy atom. The average Bonchev–Trinajstić information content (AvgIpc) is 3.89. The lowest BCUT2D eigenvalue weighted by Crippen LogP contribution is -2.54. The number of aryl methyl sites for hydroxylation is 1. The number of alkyl halides is 3. The van der Waals surface area contributed by atoms with E-state index in [2.05, 4.69) is 45.0 Å². The quantitative estimate of drug-likeness (QED) is 0.0672. The third kappa shape index (κ3) is 11.4. The van der Waals surface area contributed by atoms with Crippen molar-refractivity contribution < 1.29 is 56.1 Å². The standard InChI is InChI=1S/C50H53F3N8O9/c1-30(2)33-8-7-31(3)40(27-33)70-49-55-18-15-37(57-49)45-44(32-9-11-34(12-10-32)50(51,52)53)56-29-60(45)35-16-20-59(21-17-35)22-24-68-26-25-67-23-19-54-42(63)28-69-39-6-4-5-36-43(39)48(66)61(47(36)65)38-13-14-41(62)58-46(38)64/h4-12,15,18,27,29-30,35,38H,13-14,16-17,19-26,28H2,1-3H3,(H,54,63)(H,58,62,64). The fourth-order valence-corrected chi connectivity index (χ4v) is 8.62. The lowest BCUT2D eigenvalue weighted by molar-refractivity contribution is -0.138. The van der Waals surface area contributed by atoms with Crippen molar-refractivity contribution in [3.05, 3.63) is 107 Å². The van der Waals surface area contributed by atoms with Crippen molar-refractivity contribution >= 4 is 29.5 Å². The number of nitrogens with zero attached hydrogens (tertiary/aromatic N) is 6. The molecule has 0 aliphatic carbocycles. The molecule has 1 atom stereocenters. The normalized spacial score (nSPS) is 16.7. The molecule has 5 amide bonds. The Morgan fingerprint density at radius 2 is 1.64 bits per heavy atom. The SMILES string of the molecule is Cc1ccc(C(C)C)cc1Oc1nccc(-c2c(-c3ccc(C(F)(F)F)cc3)ncn2C2CCN(CCOCCOCCNC(=O)COc3cccc4c3C(=O)N(C3CCC(=O)NC3=O)C4=O)CC2)n1. The third-order valence-corrected chi connectivity index (χ3v) is 12.5. The molecule has 0 saturated carbocycles. The van der Waals surface area contributed by atoms with Gasteiger partial charge in [0, 0.05) is 50.4 Å². The topological polar surface area (TPSA) is 196 Å². The zero-order valence-corrected chi connectivity index (χ0v) is 38.9. The number of piperidine rings is 2. The number of fused-ring (bicyclic) bond motifs is 1. The summed E-state index contributed by atoms with van der Waals surface area (Å²) in [7, 11) is 0. The van der Waals surface area contributed by atoms with Gasteiger partial charge in [-0.2, -0.15) is 18.2 Å². The van der Waals surface area contributed by atoms with Crippen LogP contribution in [0.15, 0.2) is 79.3 Å². The first kappa shape index (κ1) is 49.4. The van der Waals surface area contributed by atoms with E-state index in [1.807, 2.05) is 19.1 Å². The lowest BCUT2D eigenvalue weighted by Gasteiger charge is -2.33. The van der Waals surface area contributed by atoms with E-state index < -0.39 is 53.9 Å². The van der Waals surface area contributed by atoms with Crippen LogP contribution in [0.5, 0.6) is 17.5 Å². The molecular weight excluding hydrogens is 914 g/mol. The predicted octanol–water partition coefficient (Wildman–Crippen LogP) is 6.52. The molecule has 5 aromatic rings. The summed E-state index contributed by atoms with van der Waals surface area (Å²) in [6.07, 6.45) is 0.425. The highest BCUT2D eigenvalue weighted by Gasteiger charge is 2.46. The van der Waals surface area contributed by atoms with Gasteiger partial charge in [0.05, 0.1) is 66.5 Å². The van der Waals surface area contributed by atoms with Crippen LogP contribution >= 0.6 is 0 Å². The zero-order valence-electron chi connectivity index (χ0n) is 38.9. The Labute approximate surface area is 401 Å². The molecule has 0 spiro atoms. The van der Waals surface area contributed by atoms with E-state index in [0.717, 1.165) is 54.1 Å². The van der Waals surface area contributed by atoms with Gasteiger partial charge < -0.3 is 33.7 Å². The second-order valence-corrected chi connectivity index (χ2v) is 17.5. The molecule has 70 heavy (non-hydrogen) atoms. The molecule has 2 fully saturated rings. The lowest BCUT2D eigenvalue weighted by atomic mass is 10.0. The van der Waals surface area contributed by atoms with Crippen LogP contribution in [0, 0.1) is 6.92 Å². The van der Waals surface area contributed by atoms with Crippen LogP contribution in [0.2, 0.25) is 0 Å². The number of benzene rings is 3. The number of rotatable bonds is 19. The fourth-order valence-electron chi connectivity index (χ4n) is 8.62. The number of hydrogen-bond acceptors (Lipinski definition) is 13. The van der Waals surface area contributed by atoms with Crippen molar-refractivity contribution in [2.45, 2.75) is 70.6 Å². The van der Waals surface area contributed by atoms with Crippen LogP contribution < -0.4 is 20.1 Å². The maximum Gasteiger partial charge on any atom is 0.416 e. The number of imide groups is 2. The fraction of sp³-hybridized carbons (Fsp3) is 0.400. The molecule has 17 nitrogen and oxygen atoms in total. The number of imidazole rings is 1. The second-order valence-electron chi connectivity index (χ2n) is 17.5. The van der Waals surface area contributed by atoms with Crippen LogP contribution in [0.1, 0.15) is 88.9 Å². The van der Waals surface area contributed by atoms with Gasteiger partial charge in [0.2, 0.25) is 11.8 Å². The number of carbonyl (C=O) groups excluding carboxylic acids is 5. The van der Waals surface area contributed by atoms with E-state index >= 15 is 0 Å². The van der Waals surface area contributed by atoms with Gasteiger partial charge in [0.1, 0.15) is 17.5 Å². The number of amides is 5. The molecule has 2 N–H and O–H groups in total. The number of aromatic nitrogens is 4. The van der Waals surface area contributed by atoms with Crippen molar-refractivity contribution in [3.8, 4) is 40.2 Å². The molecule has 5 heterocycles. The van der Waals surface area contributed by atoms with Crippen LogP contribution in [0.3, 0.4) is 0 Å². The van der Waals surface area contributed by atoms with Crippen LogP contribution in [-0.4, -0.2) is 124 Å². The molecule has 3 aliphatic heterocycles. The molecule has 3 aliphatic rings. The summed E-state index contributed by atoms with van der Waals surface area (Å²) in [5.74, 6) is -2.14. The molecule has 20 heteroatoms. The van der Waals surface area contributed by atoms with E-state index in [-0.39, 0.29) is 60.8 Å². The van der Waals surface area contributed by atoms with E-state index in [1.165, 1.54) is 30.3 Å². The molecular formula is C50H53F3N8O9. The monoisotopic (exact) mass is 966 g/mol. The van der Waals surface area contributed by atoms with Gasteiger partial charge in [0.15, 0.2) is 6.61 Å². The Bertz CT molecular complexity index is 2740. The summed E-state index contributed by atoms with van der Waals surface area (Å²) in [4.78, 5) is 79.9. The first-order chi connectivity index (χ1) is 33.7. The highest BCUT2D eigenvalue weighted by molar-refractivity contribution is 6.24. The van der Waals surface area contributed by atoms with Gasteiger partial charge in [0.25, 0.3) is 17.7 Å². The highest BCUT2D eigenvalue weighted by Crippen LogP contribution is 2.38. The van der Waals surface area contributed by atoms with E-state index in [9.17, 15) is 37.1 Å². The Balaban J connectivity index is 0.779. The van der Waals surface area contributed by atoms with Crippen LogP contribution in [-0.2, 0) is 30.0 Å². The smallest absolute Gasteiger partial charge is 0.416 e. The summed E-state index contributed by atoms with van der Waals surface area (Å²) in [6.45, 7) is 9.46. The molecule has 0 bridgehead atoms. The number of carbonyl (C=O) groups is 5. The van der Waals surface area contributed by atoms with Gasteiger partial charge >= 0.3 is 12.2 Å². The number of hydrogen-bond donors (Lipinski definition) is 2. The maximum atomic E-state index is 13.5. The Morgan fingerprint density at radius 3 is 2.37 bits per heavy atom. The highest BCUT2D eigenvalue weighted by atomic mass is 19.4. The molecule has 0 radical (unpaired) electrons. The molecule has 3 aromatic carbocycles. The average molecular weight is 967 g/mol. The molecule has 1 unspecified atom stereocenters. The number of nitrogens with one attached hydrogen (secondary N) is 2. The van der Waals surface area contributed by atoms with E-state index in [4.69, 9.17) is 28.9 Å². The van der Waals surface area contributed by atoms with Gasteiger partial charge in [-0.25, -0.2) is 9.97 Å². The summed E-state index contributed by atoms with van der Waals surface area (Å²) in [5.41, 5.74) is 3.48. The minimum atomic E-state index is -4.48. The van der Waals surface area contributed by atoms with Gasteiger partial charge in [-0.3, -0.25) is 34.2 Å². The van der Waals surface area contributed by atoms with Crippen molar-refractivity contribution in [1.29, 1.82) is 0 Å². The second kappa shape index (κ2) is 21.7. The first-order valence-corrected chi connectivity index (χ1v) is 23.1. The van der Waals surface area contributed by atoms with Gasteiger partial charge in [-0.05, 0) is 79.6 Å². The van der Waals surface area contributed by atoms with Crippen molar-refractivity contribution in [1.82, 2.24) is 40.0 Å². The Hall–Kier alpha value is -7.03. The molecule has 2 saturated heterocycles. The summed E-state index contributed by atoms with van der Waals surface area (Å²) in [6, 6.07) is 16.2. The van der Waals surface area contributed by atoms with Gasteiger partial charge in [-0.15, -0.1) is 0 Å². The maximum absolute atomic E-state index is 13.5. The minimum absolute atomic E-state index is 0.00636. The van der Waals surface area contributed by atoms with Crippen LogP contribution in [0.25, 0.3) is 22.6 Å². The summed E-state index contributed by atoms with van der Waals surface area (Å²) < 4.78 is 65.9. The molecule has 8 rings (SSSR count). The largest absolute Gasteiger partial charge is 0.483 e. The Kier molecular flexibility index (Phi) is 15.3. The zero-order chi connectivity index (χ0) is 49.5. The summed E-state index contributed by atoms with van der Waals surface area (Å²) >= 11 is 0. The number of ether oxygens (including phenoxy) is 4. The number of likely N-dealkylation sites (tertiary alicyclic amines) is 1. The first-order valence-electron chi connectivity index (χ1n) is 23.1. The predicted molar refractivity (Wildman–Crippen MR) is 247 cm³/mol. The van der Waals surface area contributed by atoms with E-state index in [0.29, 0.717) is 54.8 Å². The van der Waals surface area contributed by atoms with Crippen molar-refractivity contribution in [2.75, 3.05) is 59.2 Å². The minimum Gasteiger partial charge on any atom is -0.483 e. The van der Waals surface area contributed by atoms with Crippen molar-refractivity contribution in [3.63, 3.8) is 0 Å². The third-order valence-electron chi connectivity index (χ3n) is 12.5.